The minimum atomic E-state index is 0.291. The quantitative estimate of drug-likeness (QED) is 0.915. The van der Waals surface area contributed by atoms with Crippen molar-refractivity contribution in [3.8, 4) is 0 Å². The number of halogens is 1. The van der Waals surface area contributed by atoms with Crippen molar-refractivity contribution in [3.63, 3.8) is 0 Å². The van der Waals surface area contributed by atoms with Crippen molar-refractivity contribution in [1.29, 1.82) is 0 Å². The molecule has 0 aromatic carbocycles. The Morgan fingerprint density at radius 3 is 2.67 bits per heavy atom. The lowest BCUT2D eigenvalue weighted by Crippen LogP contribution is -2.34. The normalized spacial score (nSPS) is 25.9. The monoisotopic (exact) mass is 310 g/mol. The predicted molar refractivity (Wildman–Crippen MR) is 79.4 cm³/mol. The van der Waals surface area contributed by atoms with Crippen LogP contribution >= 0.6 is 15.9 Å². The standard InChI is InChI=1S/C15H23BrN2/c1-2-11-3-5-13(6-4-11)15(17)8-12-7-14(16)10-18-9-12/h7,9-11,13,15H,2-6,8,17H2,1H3. The van der Waals surface area contributed by atoms with Gasteiger partial charge >= 0.3 is 0 Å². The van der Waals surface area contributed by atoms with E-state index in [2.05, 4.69) is 33.9 Å². The lowest BCUT2D eigenvalue weighted by atomic mass is 9.76. The molecule has 1 aliphatic rings. The van der Waals surface area contributed by atoms with E-state index >= 15 is 0 Å². The summed E-state index contributed by atoms with van der Waals surface area (Å²) in [7, 11) is 0. The molecule has 0 amide bonds. The molecule has 2 rings (SSSR count). The number of aromatic nitrogens is 1. The van der Waals surface area contributed by atoms with Crippen molar-refractivity contribution in [2.75, 3.05) is 0 Å². The third-order valence-corrected chi connectivity index (χ3v) is 4.74. The molecular weight excluding hydrogens is 288 g/mol. The summed E-state index contributed by atoms with van der Waals surface area (Å²) in [6, 6.07) is 2.42. The van der Waals surface area contributed by atoms with Crippen LogP contribution in [0.2, 0.25) is 0 Å². The van der Waals surface area contributed by atoms with E-state index in [0.717, 1.165) is 16.8 Å². The van der Waals surface area contributed by atoms with Gasteiger partial charge in [0.05, 0.1) is 0 Å². The van der Waals surface area contributed by atoms with Gasteiger partial charge in [0.15, 0.2) is 0 Å². The maximum absolute atomic E-state index is 6.37. The topological polar surface area (TPSA) is 38.9 Å². The maximum atomic E-state index is 6.37. The van der Waals surface area contributed by atoms with Crippen molar-refractivity contribution >= 4 is 15.9 Å². The number of hydrogen-bond acceptors (Lipinski definition) is 2. The fraction of sp³-hybridized carbons (Fsp3) is 0.667. The van der Waals surface area contributed by atoms with Crippen LogP contribution in [-0.2, 0) is 6.42 Å². The first-order valence-electron chi connectivity index (χ1n) is 7.04. The zero-order chi connectivity index (χ0) is 13.0. The zero-order valence-electron chi connectivity index (χ0n) is 11.1. The summed E-state index contributed by atoms with van der Waals surface area (Å²) in [4.78, 5) is 4.21. The summed E-state index contributed by atoms with van der Waals surface area (Å²) in [5.41, 5.74) is 7.62. The largest absolute Gasteiger partial charge is 0.327 e. The third kappa shape index (κ3) is 3.79. The van der Waals surface area contributed by atoms with Crippen LogP contribution in [0, 0.1) is 11.8 Å². The van der Waals surface area contributed by atoms with Crippen molar-refractivity contribution in [3.05, 3.63) is 28.5 Å². The molecule has 0 radical (unpaired) electrons. The molecule has 1 heterocycles. The van der Waals surface area contributed by atoms with Crippen LogP contribution in [0.1, 0.15) is 44.6 Å². The van der Waals surface area contributed by atoms with Crippen molar-refractivity contribution in [2.45, 2.75) is 51.5 Å². The number of rotatable bonds is 4. The van der Waals surface area contributed by atoms with Crippen LogP contribution in [0.15, 0.2) is 22.9 Å². The average molecular weight is 311 g/mol. The Balaban J connectivity index is 1.87. The summed E-state index contributed by atoms with van der Waals surface area (Å²) >= 11 is 3.46. The molecular formula is C15H23BrN2. The fourth-order valence-electron chi connectivity index (χ4n) is 3.03. The molecule has 0 bridgehead atoms. The highest BCUT2D eigenvalue weighted by molar-refractivity contribution is 9.10. The molecule has 0 aliphatic heterocycles. The summed E-state index contributed by atoms with van der Waals surface area (Å²) in [6.45, 7) is 2.30. The van der Waals surface area contributed by atoms with Crippen LogP contribution in [0.5, 0.6) is 0 Å². The molecule has 2 N–H and O–H groups in total. The van der Waals surface area contributed by atoms with Gasteiger partial charge in [-0.3, -0.25) is 4.98 Å². The molecule has 1 aliphatic carbocycles. The Hall–Kier alpha value is -0.410. The van der Waals surface area contributed by atoms with E-state index in [4.69, 9.17) is 5.73 Å². The first kappa shape index (κ1) is 14.0. The maximum Gasteiger partial charge on any atom is 0.0410 e. The minimum absolute atomic E-state index is 0.291. The zero-order valence-corrected chi connectivity index (χ0v) is 12.7. The van der Waals surface area contributed by atoms with E-state index in [1.54, 1.807) is 0 Å². The number of hydrogen-bond donors (Lipinski definition) is 1. The highest BCUT2D eigenvalue weighted by Gasteiger charge is 2.24. The molecule has 0 spiro atoms. The molecule has 1 atom stereocenters. The Kier molecular flexibility index (Phi) is 5.19. The van der Waals surface area contributed by atoms with Gasteiger partial charge in [0.1, 0.15) is 0 Å². The molecule has 100 valence electrons. The van der Waals surface area contributed by atoms with Gasteiger partial charge in [0.25, 0.3) is 0 Å². The molecule has 1 fully saturated rings. The number of nitrogens with zero attached hydrogens (tertiary/aromatic N) is 1. The summed E-state index contributed by atoms with van der Waals surface area (Å²) < 4.78 is 1.04. The first-order valence-corrected chi connectivity index (χ1v) is 7.83. The van der Waals surface area contributed by atoms with Gasteiger partial charge in [-0.15, -0.1) is 0 Å². The molecule has 1 unspecified atom stereocenters. The molecule has 1 aromatic heterocycles. The molecule has 18 heavy (non-hydrogen) atoms. The highest BCUT2D eigenvalue weighted by atomic mass is 79.9. The van der Waals surface area contributed by atoms with E-state index in [-0.39, 0.29) is 0 Å². The Bertz CT molecular complexity index is 373. The molecule has 2 nitrogen and oxygen atoms in total. The van der Waals surface area contributed by atoms with Crippen molar-refractivity contribution < 1.29 is 0 Å². The smallest absolute Gasteiger partial charge is 0.0410 e. The number of nitrogens with two attached hydrogens (primary N) is 1. The summed E-state index contributed by atoms with van der Waals surface area (Å²) in [5.74, 6) is 1.65. The summed E-state index contributed by atoms with van der Waals surface area (Å²) in [6.07, 6.45) is 11.4. The molecule has 1 aromatic rings. The summed E-state index contributed by atoms with van der Waals surface area (Å²) in [5, 5.41) is 0. The van der Waals surface area contributed by atoms with Crippen LogP contribution < -0.4 is 5.73 Å². The average Bonchev–Trinajstić information content (AvgIpc) is 2.39. The van der Waals surface area contributed by atoms with E-state index in [0.29, 0.717) is 12.0 Å². The van der Waals surface area contributed by atoms with Gasteiger partial charge in [0, 0.05) is 22.9 Å². The third-order valence-electron chi connectivity index (χ3n) is 4.31. The van der Waals surface area contributed by atoms with Crippen LogP contribution in [0.25, 0.3) is 0 Å². The molecule has 0 saturated heterocycles. The Labute approximate surface area is 119 Å². The van der Waals surface area contributed by atoms with Crippen LogP contribution in [0.3, 0.4) is 0 Å². The second-order valence-electron chi connectivity index (χ2n) is 5.57. The highest BCUT2D eigenvalue weighted by Crippen LogP contribution is 2.32. The first-order chi connectivity index (χ1) is 8.69. The minimum Gasteiger partial charge on any atom is -0.327 e. The second kappa shape index (κ2) is 6.67. The van der Waals surface area contributed by atoms with Gasteiger partial charge in [-0.1, -0.05) is 26.2 Å². The van der Waals surface area contributed by atoms with Crippen LogP contribution in [0.4, 0.5) is 0 Å². The Morgan fingerprint density at radius 1 is 1.33 bits per heavy atom. The van der Waals surface area contributed by atoms with E-state index in [1.807, 2.05) is 12.4 Å². The lowest BCUT2D eigenvalue weighted by molar-refractivity contribution is 0.238. The van der Waals surface area contributed by atoms with Crippen LogP contribution in [-0.4, -0.2) is 11.0 Å². The van der Waals surface area contributed by atoms with E-state index < -0.39 is 0 Å². The van der Waals surface area contributed by atoms with Gasteiger partial charge in [0.2, 0.25) is 0 Å². The Morgan fingerprint density at radius 2 is 2.06 bits per heavy atom. The second-order valence-corrected chi connectivity index (χ2v) is 6.48. The molecule has 1 saturated carbocycles. The predicted octanol–water partition coefficient (Wildman–Crippen LogP) is 3.93. The van der Waals surface area contributed by atoms with Crippen molar-refractivity contribution in [2.24, 2.45) is 17.6 Å². The lowest BCUT2D eigenvalue weighted by Gasteiger charge is -2.31. The molecule has 3 heteroatoms. The fourth-order valence-corrected chi connectivity index (χ4v) is 3.44. The van der Waals surface area contributed by atoms with Crippen molar-refractivity contribution in [1.82, 2.24) is 4.98 Å². The SMILES string of the molecule is CCC1CCC(C(N)Cc2cncc(Br)c2)CC1. The van der Waals surface area contributed by atoms with E-state index in [1.165, 1.54) is 37.7 Å². The van der Waals surface area contributed by atoms with Gasteiger partial charge < -0.3 is 5.73 Å². The van der Waals surface area contributed by atoms with Gasteiger partial charge in [-0.2, -0.15) is 0 Å². The van der Waals surface area contributed by atoms with Gasteiger partial charge in [-0.05, 0) is 58.7 Å². The van der Waals surface area contributed by atoms with Gasteiger partial charge in [-0.25, -0.2) is 0 Å². The van der Waals surface area contributed by atoms with E-state index in [9.17, 15) is 0 Å². The number of pyridine rings is 1.